The van der Waals surface area contributed by atoms with Crippen LogP contribution in [0.1, 0.15) is 13.3 Å². The van der Waals surface area contributed by atoms with E-state index in [0.717, 1.165) is 0 Å². The second-order valence-corrected chi connectivity index (χ2v) is 4.70. The molecule has 1 fully saturated rings. The van der Waals surface area contributed by atoms with Gasteiger partial charge in [-0.1, -0.05) is 0 Å². The lowest BCUT2D eigenvalue weighted by atomic mass is 9.89. The van der Waals surface area contributed by atoms with E-state index in [9.17, 15) is 4.79 Å². The van der Waals surface area contributed by atoms with E-state index in [1.165, 1.54) is 0 Å². The highest BCUT2D eigenvalue weighted by molar-refractivity contribution is 6.28. The van der Waals surface area contributed by atoms with Crippen molar-refractivity contribution in [3.63, 3.8) is 0 Å². The van der Waals surface area contributed by atoms with Crippen molar-refractivity contribution in [3.05, 3.63) is 5.28 Å². The Bertz CT molecular complexity index is 447. The summed E-state index contributed by atoms with van der Waals surface area (Å²) < 4.78 is 0. The second kappa shape index (κ2) is 3.99. The topological polar surface area (TPSA) is 111 Å². The molecule has 0 saturated carbocycles. The van der Waals surface area contributed by atoms with E-state index in [1.807, 2.05) is 11.8 Å². The molecule has 4 N–H and O–H groups in total. The van der Waals surface area contributed by atoms with Crippen LogP contribution in [-0.2, 0) is 4.79 Å². The molecule has 1 atom stereocenters. The van der Waals surface area contributed by atoms with Gasteiger partial charge in [-0.15, -0.1) is 0 Å². The summed E-state index contributed by atoms with van der Waals surface area (Å²) in [5.74, 6) is 0.119. The summed E-state index contributed by atoms with van der Waals surface area (Å²) >= 11 is 5.70. The summed E-state index contributed by atoms with van der Waals surface area (Å²) in [6, 6.07) is 0. The van der Waals surface area contributed by atoms with Crippen LogP contribution < -0.4 is 16.4 Å². The lowest BCUT2D eigenvalue weighted by molar-refractivity contribution is -0.125. The molecule has 0 spiro atoms. The van der Waals surface area contributed by atoms with Gasteiger partial charge in [-0.2, -0.15) is 15.0 Å². The lowest BCUT2D eigenvalue weighted by Gasteiger charge is -2.20. The molecule has 1 saturated heterocycles. The molecule has 92 valence electrons. The first-order valence-corrected chi connectivity index (χ1v) is 5.50. The average Bonchev–Trinajstić information content (AvgIpc) is 2.61. The predicted molar refractivity (Wildman–Crippen MR) is 63.4 cm³/mol. The SMILES string of the molecule is CC1(C(N)=O)CCN(c2nc(N)nc(Cl)n2)C1. The molecule has 0 radical (unpaired) electrons. The number of hydrogen-bond donors (Lipinski definition) is 2. The number of hydrogen-bond acceptors (Lipinski definition) is 6. The van der Waals surface area contributed by atoms with Gasteiger partial charge >= 0.3 is 0 Å². The molecule has 1 amide bonds. The third kappa shape index (κ3) is 2.23. The summed E-state index contributed by atoms with van der Waals surface area (Å²) in [6.45, 7) is 2.92. The van der Waals surface area contributed by atoms with Crippen LogP contribution in [0.5, 0.6) is 0 Å². The zero-order valence-corrected chi connectivity index (χ0v) is 10.1. The first kappa shape index (κ1) is 11.8. The van der Waals surface area contributed by atoms with Crippen molar-refractivity contribution in [1.82, 2.24) is 15.0 Å². The van der Waals surface area contributed by atoms with Crippen LogP contribution in [0.4, 0.5) is 11.9 Å². The van der Waals surface area contributed by atoms with Gasteiger partial charge in [-0.05, 0) is 24.9 Å². The largest absolute Gasteiger partial charge is 0.369 e. The maximum absolute atomic E-state index is 11.3. The Labute approximate surface area is 103 Å². The van der Waals surface area contributed by atoms with Crippen LogP contribution in [0.3, 0.4) is 0 Å². The van der Waals surface area contributed by atoms with Gasteiger partial charge in [0.25, 0.3) is 0 Å². The smallest absolute Gasteiger partial charge is 0.231 e. The predicted octanol–water partition coefficient (Wildman–Crippen LogP) is -0.191. The van der Waals surface area contributed by atoms with Gasteiger partial charge in [0.1, 0.15) is 0 Å². The van der Waals surface area contributed by atoms with Gasteiger partial charge in [-0.25, -0.2) is 0 Å². The van der Waals surface area contributed by atoms with E-state index in [4.69, 9.17) is 23.1 Å². The van der Waals surface area contributed by atoms with Crippen molar-refractivity contribution in [1.29, 1.82) is 0 Å². The fourth-order valence-corrected chi connectivity index (χ4v) is 1.99. The molecule has 1 aromatic heterocycles. The Morgan fingerprint density at radius 2 is 2.18 bits per heavy atom. The Morgan fingerprint density at radius 3 is 2.71 bits per heavy atom. The number of aromatic nitrogens is 3. The highest BCUT2D eigenvalue weighted by Gasteiger charge is 2.39. The Morgan fingerprint density at radius 1 is 1.47 bits per heavy atom. The second-order valence-electron chi connectivity index (χ2n) is 4.36. The van der Waals surface area contributed by atoms with Crippen molar-refractivity contribution in [2.75, 3.05) is 23.7 Å². The minimum absolute atomic E-state index is 0.0418. The molecule has 0 aromatic carbocycles. The quantitative estimate of drug-likeness (QED) is 0.759. The number of carbonyl (C=O) groups is 1. The molecule has 2 heterocycles. The Balaban J connectivity index is 2.23. The van der Waals surface area contributed by atoms with Crippen LogP contribution in [0.2, 0.25) is 5.28 Å². The summed E-state index contributed by atoms with van der Waals surface area (Å²) in [4.78, 5) is 24.8. The fraction of sp³-hybridized carbons (Fsp3) is 0.556. The van der Waals surface area contributed by atoms with Crippen LogP contribution in [0, 0.1) is 5.41 Å². The fourth-order valence-electron chi connectivity index (χ4n) is 1.83. The molecule has 7 nitrogen and oxygen atoms in total. The summed E-state index contributed by atoms with van der Waals surface area (Å²) in [7, 11) is 0. The molecule has 1 aliphatic rings. The number of anilines is 2. The molecular weight excluding hydrogens is 244 g/mol. The third-order valence-electron chi connectivity index (χ3n) is 2.96. The first-order chi connectivity index (χ1) is 7.90. The maximum Gasteiger partial charge on any atom is 0.231 e. The molecule has 0 bridgehead atoms. The minimum atomic E-state index is -0.562. The van der Waals surface area contributed by atoms with E-state index in [0.29, 0.717) is 25.5 Å². The van der Waals surface area contributed by atoms with Gasteiger partial charge in [0.2, 0.25) is 23.1 Å². The van der Waals surface area contributed by atoms with Gasteiger partial charge in [-0.3, -0.25) is 4.79 Å². The molecular formula is C9H13ClN6O. The molecule has 1 aliphatic heterocycles. The van der Waals surface area contributed by atoms with Crippen LogP contribution in [0.15, 0.2) is 0 Å². The van der Waals surface area contributed by atoms with Gasteiger partial charge < -0.3 is 16.4 Å². The van der Waals surface area contributed by atoms with Crippen molar-refractivity contribution >= 4 is 29.4 Å². The number of nitrogens with two attached hydrogens (primary N) is 2. The van der Waals surface area contributed by atoms with Gasteiger partial charge in [0.05, 0.1) is 5.41 Å². The molecule has 2 rings (SSSR count). The number of rotatable bonds is 2. The van der Waals surface area contributed by atoms with E-state index >= 15 is 0 Å². The maximum atomic E-state index is 11.3. The average molecular weight is 257 g/mol. The number of halogens is 1. The van der Waals surface area contributed by atoms with Crippen molar-refractivity contribution in [3.8, 4) is 0 Å². The lowest BCUT2D eigenvalue weighted by Crippen LogP contribution is -2.37. The highest BCUT2D eigenvalue weighted by atomic mass is 35.5. The van der Waals surface area contributed by atoms with Crippen LogP contribution in [0.25, 0.3) is 0 Å². The molecule has 8 heteroatoms. The van der Waals surface area contributed by atoms with Crippen LogP contribution >= 0.6 is 11.6 Å². The van der Waals surface area contributed by atoms with Crippen LogP contribution in [-0.4, -0.2) is 33.9 Å². The Kier molecular flexibility index (Phi) is 2.78. The summed E-state index contributed by atoms with van der Waals surface area (Å²) in [5, 5.41) is 0.0418. The Hall–Kier alpha value is -1.63. The number of nitrogens with zero attached hydrogens (tertiary/aromatic N) is 4. The molecule has 0 aliphatic carbocycles. The number of amides is 1. The zero-order chi connectivity index (χ0) is 12.6. The summed E-state index contributed by atoms with van der Waals surface area (Å²) in [6.07, 6.45) is 0.658. The van der Waals surface area contributed by atoms with Gasteiger partial charge in [0, 0.05) is 13.1 Å². The van der Waals surface area contributed by atoms with E-state index < -0.39 is 5.41 Å². The van der Waals surface area contributed by atoms with E-state index in [2.05, 4.69) is 15.0 Å². The molecule has 17 heavy (non-hydrogen) atoms. The highest BCUT2D eigenvalue weighted by Crippen LogP contribution is 2.31. The third-order valence-corrected chi connectivity index (χ3v) is 3.13. The normalized spacial score (nSPS) is 24.0. The summed E-state index contributed by atoms with van der Waals surface area (Å²) in [5.41, 5.74) is 10.3. The number of nitrogen functional groups attached to an aromatic ring is 1. The number of carbonyl (C=O) groups excluding carboxylic acids is 1. The first-order valence-electron chi connectivity index (χ1n) is 5.13. The zero-order valence-electron chi connectivity index (χ0n) is 9.35. The van der Waals surface area contributed by atoms with Crippen molar-refractivity contribution in [2.24, 2.45) is 11.1 Å². The van der Waals surface area contributed by atoms with Gasteiger partial charge in [0.15, 0.2) is 0 Å². The molecule has 1 unspecified atom stereocenters. The van der Waals surface area contributed by atoms with Crippen molar-refractivity contribution in [2.45, 2.75) is 13.3 Å². The van der Waals surface area contributed by atoms with Crippen molar-refractivity contribution < 1.29 is 4.79 Å². The molecule has 1 aromatic rings. The van der Waals surface area contributed by atoms with E-state index in [-0.39, 0.29) is 17.1 Å². The number of primary amides is 1. The minimum Gasteiger partial charge on any atom is -0.369 e. The standard InChI is InChI=1S/C9H13ClN6O/c1-9(5(11)17)2-3-16(4-9)8-14-6(10)13-7(12)15-8/h2-4H2,1H3,(H2,11,17)(H2,12,13,14,15). The monoisotopic (exact) mass is 256 g/mol. The van der Waals surface area contributed by atoms with E-state index in [1.54, 1.807) is 0 Å².